The van der Waals surface area contributed by atoms with Crippen LogP contribution < -0.4 is 10.2 Å². The molecule has 2 aliphatic carbocycles. The van der Waals surface area contributed by atoms with E-state index in [1.165, 1.54) is 17.4 Å². The van der Waals surface area contributed by atoms with Crippen molar-refractivity contribution >= 4 is 26.7 Å². The van der Waals surface area contributed by atoms with Gasteiger partial charge in [-0.15, -0.1) is 0 Å². The summed E-state index contributed by atoms with van der Waals surface area (Å²) in [7, 11) is 1.61. The SMILES string of the molecule is CC(=N)C(c1cc(C2CC2)nc(N2Cc3c(cc(C(CO)NCC4CCC4)cc3C(F)(F)P)C2=O)c1)C1COC1. The van der Waals surface area contributed by atoms with Crippen molar-refractivity contribution in [3.05, 3.63) is 57.8 Å². The van der Waals surface area contributed by atoms with Gasteiger partial charge in [-0.25, -0.2) is 4.98 Å². The van der Waals surface area contributed by atoms with Gasteiger partial charge in [0.1, 0.15) is 5.82 Å². The molecule has 0 bridgehead atoms. The Hall–Kier alpha value is -2.32. The molecule has 2 aromatic rings. The van der Waals surface area contributed by atoms with Crippen LogP contribution in [0.2, 0.25) is 0 Å². The maximum Gasteiger partial charge on any atom is 0.284 e. The number of nitrogens with zero attached hydrogens (tertiary/aromatic N) is 2. The van der Waals surface area contributed by atoms with Crippen LogP contribution in [0.5, 0.6) is 0 Å². The maximum absolute atomic E-state index is 15.0. The number of carbonyl (C=O) groups is 1. The van der Waals surface area contributed by atoms with Gasteiger partial charge in [-0.1, -0.05) is 15.7 Å². The van der Waals surface area contributed by atoms with Crippen molar-refractivity contribution < 1.29 is 23.4 Å². The Morgan fingerprint density at radius 2 is 1.98 bits per heavy atom. The highest BCUT2D eigenvalue weighted by molar-refractivity contribution is 7.17. The first-order valence-corrected chi connectivity index (χ1v) is 14.9. The molecule has 0 spiro atoms. The average Bonchev–Trinajstić information content (AvgIpc) is 3.65. The van der Waals surface area contributed by atoms with Crippen LogP contribution in [0.4, 0.5) is 14.6 Å². The van der Waals surface area contributed by atoms with Gasteiger partial charge in [-0.3, -0.25) is 9.69 Å². The number of pyridine rings is 1. The van der Waals surface area contributed by atoms with Gasteiger partial charge >= 0.3 is 0 Å². The van der Waals surface area contributed by atoms with Gasteiger partial charge < -0.3 is 20.6 Å². The maximum atomic E-state index is 15.0. The second-order valence-electron chi connectivity index (χ2n) is 12.0. The summed E-state index contributed by atoms with van der Waals surface area (Å²) in [5, 5.41) is 21.9. The Morgan fingerprint density at radius 1 is 1.23 bits per heavy atom. The summed E-state index contributed by atoms with van der Waals surface area (Å²) in [6, 6.07) is 6.46. The summed E-state index contributed by atoms with van der Waals surface area (Å²) in [4.78, 5) is 20.2. The highest BCUT2D eigenvalue weighted by Crippen LogP contribution is 2.45. The lowest BCUT2D eigenvalue weighted by Crippen LogP contribution is -2.36. The fourth-order valence-electron chi connectivity index (χ4n) is 6.19. The molecule has 3 unspecified atom stereocenters. The first-order chi connectivity index (χ1) is 19.1. The largest absolute Gasteiger partial charge is 0.394 e. The van der Waals surface area contributed by atoms with E-state index in [0.29, 0.717) is 48.7 Å². The van der Waals surface area contributed by atoms with E-state index in [0.717, 1.165) is 36.9 Å². The number of fused-ring (bicyclic) bond motifs is 1. The van der Waals surface area contributed by atoms with Gasteiger partial charge in [-0.05, 0) is 86.0 Å². The standard InChI is InChI=1S/C30H37F2N4O3P/c1-16(33)28(21-14-39-15-21)20-9-25(18-5-6-18)35-27(10-20)36-12-23-22(29(36)38)7-19(8-24(23)30(31,32)40)26(13-37)34-11-17-3-2-4-17/h7-10,17-18,21,26,28,33-34,37H,2-6,11-15,40H2,1H3. The van der Waals surface area contributed by atoms with E-state index in [2.05, 4.69) is 11.4 Å². The molecule has 1 aromatic heterocycles. The van der Waals surface area contributed by atoms with E-state index in [9.17, 15) is 18.7 Å². The predicted octanol–water partition coefficient (Wildman–Crippen LogP) is 5.24. The normalized spacial score (nSPS) is 21.1. The third-order valence-electron chi connectivity index (χ3n) is 8.97. The zero-order chi connectivity index (χ0) is 28.2. The number of ether oxygens (including phenoxy) is 1. The number of benzene rings is 1. The van der Waals surface area contributed by atoms with Gasteiger partial charge in [0.2, 0.25) is 0 Å². The number of nitrogens with one attached hydrogen (secondary N) is 2. The van der Waals surface area contributed by atoms with Crippen molar-refractivity contribution in [2.24, 2.45) is 11.8 Å². The van der Waals surface area contributed by atoms with Gasteiger partial charge in [0, 0.05) is 40.3 Å². The predicted molar refractivity (Wildman–Crippen MR) is 152 cm³/mol. The lowest BCUT2D eigenvalue weighted by atomic mass is 9.81. The third kappa shape index (κ3) is 5.34. The number of anilines is 1. The van der Waals surface area contributed by atoms with E-state index in [1.54, 1.807) is 22.2 Å². The Morgan fingerprint density at radius 3 is 2.52 bits per heavy atom. The quantitative estimate of drug-likeness (QED) is 0.254. The van der Waals surface area contributed by atoms with Gasteiger partial charge in [0.05, 0.1) is 32.4 Å². The van der Waals surface area contributed by atoms with Crippen LogP contribution in [0, 0.1) is 17.2 Å². The smallest absolute Gasteiger partial charge is 0.284 e. The van der Waals surface area contributed by atoms with Crippen molar-refractivity contribution in [3.8, 4) is 0 Å². The first-order valence-electron chi connectivity index (χ1n) is 14.3. The zero-order valence-electron chi connectivity index (χ0n) is 22.8. The van der Waals surface area contributed by atoms with E-state index in [1.807, 2.05) is 6.07 Å². The Kier molecular flexibility index (Phi) is 7.53. The summed E-state index contributed by atoms with van der Waals surface area (Å²) < 4.78 is 35.3. The average molecular weight is 571 g/mol. The molecule has 40 heavy (non-hydrogen) atoms. The van der Waals surface area contributed by atoms with E-state index < -0.39 is 11.7 Å². The number of hydrogen-bond donors (Lipinski definition) is 3. The van der Waals surface area contributed by atoms with Crippen LogP contribution in [-0.4, -0.2) is 48.1 Å². The zero-order valence-corrected chi connectivity index (χ0v) is 23.9. The van der Waals surface area contributed by atoms with Crippen LogP contribution in [0.15, 0.2) is 24.3 Å². The number of hydrogen-bond acceptors (Lipinski definition) is 6. The molecule has 6 rings (SSSR count). The molecule has 3 heterocycles. The van der Waals surface area contributed by atoms with Crippen molar-refractivity contribution in [3.63, 3.8) is 0 Å². The molecule has 214 valence electrons. The Balaban J connectivity index is 1.36. The number of aliphatic hydroxyl groups is 1. The molecule has 10 heteroatoms. The molecule has 2 aliphatic heterocycles. The van der Waals surface area contributed by atoms with Crippen LogP contribution >= 0.6 is 9.24 Å². The van der Waals surface area contributed by atoms with Gasteiger partial charge in [0.15, 0.2) is 0 Å². The fourth-order valence-corrected chi connectivity index (χ4v) is 6.45. The summed E-state index contributed by atoms with van der Waals surface area (Å²) in [5.74, 6) is 0.965. The van der Waals surface area contributed by atoms with Crippen molar-refractivity contribution in [1.29, 1.82) is 5.41 Å². The second-order valence-corrected chi connectivity index (χ2v) is 12.7. The van der Waals surface area contributed by atoms with Crippen LogP contribution in [0.25, 0.3) is 0 Å². The molecule has 1 saturated heterocycles. The number of halogens is 2. The molecule has 0 radical (unpaired) electrons. The number of aliphatic hydroxyl groups excluding tert-OH is 1. The Bertz CT molecular complexity index is 1320. The second kappa shape index (κ2) is 10.8. The monoisotopic (exact) mass is 570 g/mol. The highest BCUT2D eigenvalue weighted by Gasteiger charge is 2.40. The summed E-state index contributed by atoms with van der Waals surface area (Å²) >= 11 is 0. The minimum Gasteiger partial charge on any atom is -0.394 e. The minimum absolute atomic E-state index is 0.00555. The number of aromatic nitrogens is 1. The minimum atomic E-state index is -3.24. The first kappa shape index (κ1) is 27.8. The summed E-state index contributed by atoms with van der Waals surface area (Å²) in [6.45, 7) is 3.41. The van der Waals surface area contributed by atoms with Crippen LogP contribution in [0.3, 0.4) is 0 Å². The molecule has 2 saturated carbocycles. The molecule has 1 amide bonds. The van der Waals surface area contributed by atoms with E-state index >= 15 is 0 Å². The molecule has 3 atom stereocenters. The van der Waals surface area contributed by atoms with E-state index in [4.69, 9.17) is 15.1 Å². The molecule has 7 nitrogen and oxygen atoms in total. The lowest BCUT2D eigenvalue weighted by Gasteiger charge is -2.34. The third-order valence-corrected chi connectivity index (χ3v) is 9.28. The van der Waals surface area contributed by atoms with E-state index in [-0.39, 0.29) is 47.6 Å². The number of alkyl halides is 2. The van der Waals surface area contributed by atoms with Crippen molar-refractivity contribution in [1.82, 2.24) is 10.3 Å². The summed E-state index contributed by atoms with van der Waals surface area (Å²) in [5.41, 5.74) is -0.119. The molecule has 4 aliphatic rings. The van der Waals surface area contributed by atoms with Crippen LogP contribution in [-0.2, 0) is 16.9 Å². The number of amides is 1. The topological polar surface area (TPSA) is 98.5 Å². The number of rotatable bonds is 11. The Labute approximate surface area is 235 Å². The molecular weight excluding hydrogens is 533 g/mol. The van der Waals surface area contributed by atoms with Crippen LogP contribution in [0.1, 0.15) is 95.2 Å². The van der Waals surface area contributed by atoms with Crippen molar-refractivity contribution in [2.45, 2.75) is 69.1 Å². The van der Waals surface area contributed by atoms with Gasteiger partial charge in [0.25, 0.3) is 11.6 Å². The number of carbonyl (C=O) groups excluding carboxylic acids is 1. The van der Waals surface area contributed by atoms with Crippen molar-refractivity contribution in [2.75, 3.05) is 31.3 Å². The van der Waals surface area contributed by atoms with Gasteiger partial charge in [-0.2, -0.15) is 8.78 Å². The fraction of sp³-hybridized carbons (Fsp3) is 0.567. The highest BCUT2D eigenvalue weighted by atomic mass is 31.0. The molecular formula is C30H37F2N4O3P. The molecule has 3 fully saturated rings. The lowest BCUT2D eigenvalue weighted by molar-refractivity contribution is -0.0358. The molecule has 3 N–H and O–H groups in total. The molecule has 1 aromatic carbocycles. The summed E-state index contributed by atoms with van der Waals surface area (Å²) in [6.07, 6.45) is 5.48.